The van der Waals surface area contributed by atoms with Gasteiger partial charge in [0.2, 0.25) is 0 Å². The number of halogens is 1. The Morgan fingerprint density at radius 2 is 2.11 bits per heavy atom. The fourth-order valence-electron chi connectivity index (χ4n) is 3.09. The second kappa shape index (κ2) is 6.68. The highest BCUT2D eigenvalue weighted by Gasteiger charge is 2.33. The van der Waals surface area contributed by atoms with Gasteiger partial charge < -0.3 is 10.8 Å². The lowest BCUT2D eigenvalue weighted by molar-refractivity contribution is 0.00865. The summed E-state index contributed by atoms with van der Waals surface area (Å²) in [5.41, 5.74) is 6.20. The number of likely N-dealkylation sites (N-methyl/N-ethyl adjacent to an activating group) is 1. The molecule has 3 N–H and O–H groups in total. The van der Waals surface area contributed by atoms with Crippen LogP contribution in [0, 0.1) is 0 Å². The summed E-state index contributed by atoms with van der Waals surface area (Å²) in [6, 6.07) is 4.65. The van der Waals surface area contributed by atoms with Gasteiger partial charge in [0.15, 0.2) is 0 Å². The summed E-state index contributed by atoms with van der Waals surface area (Å²) >= 11 is 5.25. The van der Waals surface area contributed by atoms with Crippen LogP contribution < -0.4 is 5.73 Å². The van der Waals surface area contributed by atoms with Gasteiger partial charge in [-0.05, 0) is 54.9 Å². The number of aliphatic hydroxyl groups excluding tert-OH is 1. The van der Waals surface area contributed by atoms with Crippen LogP contribution in [0.25, 0.3) is 0 Å². The van der Waals surface area contributed by atoms with E-state index in [2.05, 4.69) is 40.0 Å². The van der Waals surface area contributed by atoms with Crippen molar-refractivity contribution in [1.82, 2.24) is 4.90 Å². The van der Waals surface area contributed by atoms with Gasteiger partial charge in [-0.3, -0.25) is 4.90 Å². The molecule has 3 nitrogen and oxygen atoms in total. The summed E-state index contributed by atoms with van der Waals surface area (Å²) in [5, 5.41) is 10.2. The third-order valence-electron chi connectivity index (χ3n) is 4.04. The van der Waals surface area contributed by atoms with Gasteiger partial charge >= 0.3 is 0 Å². The molecule has 0 spiro atoms. The predicted molar refractivity (Wildman–Crippen MR) is 84.4 cm³/mol. The SMILES string of the molecule is CC(N)C(c1ccc(Br)s1)N(C)C1CCCCC1O. The smallest absolute Gasteiger partial charge is 0.0702 e. The highest BCUT2D eigenvalue weighted by Crippen LogP contribution is 2.35. The van der Waals surface area contributed by atoms with Crippen LogP contribution in [-0.2, 0) is 0 Å². The standard InChI is InChI=1S/C14H23BrN2OS/c1-9(16)14(12-7-8-13(15)19-12)17(2)10-5-3-4-6-11(10)18/h7-11,14,18H,3-6,16H2,1-2H3. The summed E-state index contributed by atoms with van der Waals surface area (Å²) in [6.07, 6.45) is 4.09. The quantitative estimate of drug-likeness (QED) is 0.880. The summed E-state index contributed by atoms with van der Waals surface area (Å²) in [4.78, 5) is 3.55. The summed E-state index contributed by atoms with van der Waals surface area (Å²) in [7, 11) is 2.10. The van der Waals surface area contributed by atoms with Crippen molar-refractivity contribution in [3.63, 3.8) is 0 Å². The Balaban J connectivity index is 2.18. The maximum absolute atomic E-state index is 10.2. The van der Waals surface area contributed by atoms with E-state index in [0.29, 0.717) is 0 Å². The van der Waals surface area contributed by atoms with Gasteiger partial charge in [0, 0.05) is 17.0 Å². The molecule has 1 aliphatic rings. The third kappa shape index (κ3) is 3.58. The van der Waals surface area contributed by atoms with Crippen LogP contribution >= 0.6 is 27.3 Å². The monoisotopic (exact) mass is 346 g/mol. The third-order valence-corrected chi connectivity index (χ3v) is 5.73. The summed E-state index contributed by atoms with van der Waals surface area (Å²) < 4.78 is 1.13. The number of thiophene rings is 1. The van der Waals surface area contributed by atoms with Crippen molar-refractivity contribution in [3.8, 4) is 0 Å². The van der Waals surface area contributed by atoms with Crippen molar-refractivity contribution >= 4 is 27.3 Å². The normalized spacial score (nSPS) is 27.5. The average molecular weight is 347 g/mol. The first-order valence-corrected chi connectivity index (χ1v) is 8.52. The van der Waals surface area contributed by atoms with E-state index in [-0.39, 0.29) is 24.2 Å². The molecule has 0 bridgehead atoms. The Morgan fingerprint density at radius 1 is 1.42 bits per heavy atom. The van der Waals surface area contributed by atoms with Crippen LogP contribution in [0.15, 0.2) is 15.9 Å². The second-order valence-corrected chi connectivity index (χ2v) is 8.03. The van der Waals surface area contributed by atoms with Crippen LogP contribution in [0.1, 0.15) is 43.5 Å². The van der Waals surface area contributed by atoms with Crippen LogP contribution in [0.5, 0.6) is 0 Å². The molecule has 0 amide bonds. The van der Waals surface area contributed by atoms with Crippen molar-refractivity contribution in [2.24, 2.45) is 5.73 Å². The lowest BCUT2D eigenvalue weighted by atomic mass is 9.90. The molecule has 108 valence electrons. The van der Waals surface area contributed by atoms with E-state index < -0.39 is 0 Å². The van der Waals surface area contributed by atoms with Gasteiger partial charge in [-0.2, -0.15) is 0 Å². The highest BCUT2D eigenvalue weighted by molar-refractivity contribution is 9.11. The molecular weight excluding hydrogens is 324 g/mol. The Hall–Kier alpha value is 0.0600. The van der Waals surface area contributed by atoms with Crippen LogP contribution in [0.2, 0.25) is 0 Å². The van der Waals surface area contributed by atoms with Crippen molar-refractivity contribution < 1.29 is 5.11 Å². The van der Waals surface area contributed by atoms with Gasteiger partial charge in [0.25, 0.3) is 0 Å². The zero-order valence-corrected chi connectivity index (χ0v) is 14.0. The Bertz CT molecular complexity index is 410. The maximum Gasteiger partial charge on any atom is 0.0702 e. The number of hydrogen-bond donors (Lipinski definition) is 2. The lowest BCUT2D eigenvalue weighted by Gasteiger charge is -2.41. The molecule has 0 aromatic carbocycles. The minimum Gasteiger partial charge on any atom is -0.391 e. The van der Waals surface area contributed by atoms with E-state index in [4.69, 9.17) is 5.73 Å². The first kappa shape index (κ1) is 15.4. The topological polar surface area (TPSA) is 49.5 Å². The molecule has 2 rings (SSSR count). The molecule has 19 heavy (non-hydrogen) atoms. The molecule has 1 aliphatic carbocycles. The van der Waals surface area contributed by atoms with Gasteiger partial charge in [0.05, 0.1) is 15.9 Å². The lowest BCUT2D eigenvalue weighted by Crippen LogP contribution is -2.48. The van der Waals surface area contributed by atoms with E-state index in [1.165, 1.54) is 11.3 Å². The number of rotatable bonds is 4. The molecule has 1 fully saturated rings. The molecule has 1 aromatic rings. The van der Waals surface area contributed by atoms with E-state index in [9.17, 15) is 5.11 Å². The van der Waals surface area contributed by atoms with Crippen molar-refractivity contribution in [2.75, 3.05) is 7.05 Å². The molecule has 5 heteroatoms. The summed E-state index contributed by atoms with van der Waals surface area (Å²) in [5.74, 6) is 0. The minimum atomic E-state index is -0.219. The molecule has 4 atom stereocenters. The first-order chi connectivity index (χ1) is 9.00. The fourth-order valence-corrected chi connectivity index (χ4v) is 4.78. The number of hydrogen-bond acceptors (Lipinski definition) is 4. The summed E-state index contributed by atoms with van der Waals surface area (Å²) in [6.45, 7) is 2.05. The zero-order valence-electron chi connectivity index (χ0n) is 11.6. The Morgan fingerprint density at radius 3 is 2.63 bits per heavy atom. The second-order valence-electron chi connectivity index (χ2n) is 5.53. The van der Waals surface area contributed by atoms with E-state index in [1.54, 1.807) is 11.3 Å². The molecule has 1 heterocycles. The number of aliphatic hydroxyl groups is 1. The molecule has 0 aliphatic heterocycles. The fraction of sp³-hybridized carbons (Fsp3) is 0.714. The van der Waals surface area contributed by atoms with E-state index >= 15 is 0 Å². The van der Waals surface area contributed by atoms with E-state index in [0.717, 1.165) is 23.0 Å². The molecule has 4 unspecified atom stereocenters. The van der Waals surface area contributed by atoms with Gasteiger partial charge in [0.1, 0.15) is 0 Å². The van der Waals surface area contributed by atoms with E-state index in [1.807, 2.05) is 6.92 Å². The van der Waals surface area contributed by atoms with Crippen molar-refractivity contribution in [1.29, 1.82) is 0 Å². The first-order valence-electron chi connectivity index (χ1n) is 6.91. The van der Waals surface area contributed by atoms with Crippen molar-refractivity contribution in [3.05, 3.63) is 20.8 Å². The molecular formula is C14H23BrN2OS. The Kier molecular flexibility index (Phi) is 5.43. The van der Waals surface area contributed by atoms with Crippen LogP contribution in [-0.4, -0.2) is 35.2 Å². The number of nitrogens with two attached hydrogens (primary N) is 1. The Labute approximate surface area is 127 Å². The molecule has 1 aromatic heterocycles. The van der Waals surface area contributed by atoms with Crippen LogP contribution in [0.4, 0.5) is 0 Å². The number of nitrogens with zero attached hydrogens (tertiary/aromatic N) is 1. The zero-order chi connectivity index (χ0) is 14.0. The van der Waals surface area contributed by atoms with Gasteiger partial charge in [-0.15, -0.1) is 11.3 Å². The molecule has 1 saturated carbocycles. The van der Waals surface area contributed by atoms with Crippen LogP contribution in [0.3, 0.4) is 0 Å². The van der Waals surface area contributed by atoms with Gasteiger partial charge in [-0.25, -0.2) is 0 Å². The highest BCUT2D eigenvalue weighted by atomic mass is 79.9. The largest absolute Gasteiger partial charge is 0.391 e. The van der Waals surface area contributed by atoms with Gasteiger partial charge in [-0.1, -0.05) is 12.8 Å². The van der Waals surface area contributed by atoms with Crippen molar-refractivity contribution in [2.45, 2.75) is 56.8 Å². The predicted octanol–water partition coefficient (Wildman–Crippen LogP) is 3.13. The molecule has 0 radical (unpaired) electrons. The molecule has 0 saturated heterocycles. The average Bonchev–Trinajstić information content (AvgIpc) is 2.75. The maximum atomic E-state index is 10.2. The minimum absolute atomic E-state index is 0.0460.